The lowest BCUT2D eigenvalue weighted by Gasteiger charge is -2.25. The van der Waals surface area contributed by atoms with Gasteiger partial charge in [-0.25, -0.2) is 13.1 Å². The van der Waals surface area contributed by atoms with E-state index in [4.69, 9.17) is 5.73 Å². The summed E-state index contributed by atoms with van der Waals surface area (Å²) in [5, 5.41) is 3.29. The number of hydrogen-bond acceptors (Lipinski definition) is 4. The van der Waals surface area contributed by atoms with Gasteiger partial charge in [0, 0.05) is 12.2 Å². The molecule has 20 heavy (non-hydrogen) atoms. The van der Waals surface area contributed by atoms with Crippen molar-refractivity contribution in [1.29, 1.82) is 0 Å². The Hall–Kier alpha value is -1.27. The third kappa shape index (κ3) is 3.24. The van der Waals surface area contributed by atoms with Crippen molar-refractivity contribution in [1.82, 2.24) is 4.72 Å². The second kappa shape index (κ2) is 5.61. The Morgan fingerprint density at radius 1 is 1.30 bits per heavy atom. The lowest BCUT2D eigenvalue weighted by Crippen LogP contribution is -2.25. The Balaban J connectivity index is 2.23. The summed E-state index contributed by atoms with van der Waals surface area (Å²) < 4.78 is 26.4. The summed E-state index contributed by atoms with van der Waals surface area (Å²) in [6.07, 6.45) is 4.87. The van der Waals surface area contributed by atoms with E-state index in [1.54, 1.807) is 12.1 Å². The van der Waals surface area contributed by atoms with Crippen LogP contribution in [-0.4, -0.2) is 22.0 Å². The predicted octanol–water partition coefficient (Wildman–Crippen LogP) is 2.17. The van der Waals surface area contributed by atoms with Crippen molar-refractivity contribution < 1.29 is 8.42 Å². The Kier molecular flexibility index (Phi) is 4.25. The molecule has 1 aromatic rings. The summed E-state index contributed by atoms with van der Waals surface area (Å²) in [7, 11) is -2.11. The number of nitrogens with one attached hydrogen (secondary N) is 2. The maximum absolute atomic E-state index is 12.0. The molecule has 5 nitrogen and oxygen atoms in total. The number of nitrogens with two attached hydrogens (primary N) is 1. The van der Waals surface area contributed by atoms with Gasteiger partial charge in [0.25, 0.3) is 0 Å². The van der Waals surface area contributed by atoms with Crippen LogP contribution in [0.4, 0.5) is 11.4 Å². The molecule has 0 heterocycles. The van der Waals surface area contributed by atoms with E-state index in [9.17, 15) is 8.42 Å². The number of hydrogen-bond donors (Lipinski definition) is 3. The maximum atomic E-state index is 12.0. The lowest BCUT2D eigenvalue weighted by atomic mass is 9.89. The Morgan fingerprint density at radius 3 is 2.55 bits per heavy atom. The summed E-state index contributed by atoms with van der Waals surface area (Å²) in [5.74, 6) is 0. The van der Waals surface area contributed by atoms with Crippen molar-refractivity contribution >= 4 is 21.4 Å². The Bertz CT molecular complexity index is 578. The van der Waals surface area contributed by atoms with E-state index >= 15 is 0 Å². The first kappa shape index (κ1) is 15.1. The molecule has 1 aromatic carbocycles. The van der Waals surface area contributed by atoms with Gasteiger partial charge >= 0.3 is 0 Å². The zero-order chi connectivity index (χ0) is 14.8. The third-order valence-electron chi connectivity index (χ3n) is 4.08. The quantitative estimate of drug-likeness (QED) is 0.727. The molecule has 1 fully saturated rings. The van der Waals surface area contributed by atoms with Crippen molar-refractivity contribution in [3.8, 4) is 0 Å². The van der Waals surface area contributed by atoms with Gasteiger partial charge in [0.1, 0.15) is 4.90 Å². The van der Waals surface area contributed by atoms with Crippen LogP contribution in [0.5, 0.6) is 0 Å². The van der Waals surface area contributed by atoms with E-state index in [1.807, 2.05) is 0 Å². The molecule has 0 amide bonds. The van der Waals surface area contributed by atoms with Crippen molar-refractivity contribution in [2.24, 2.45) is 5.41 Å². The smallest absolute Gasteiger partial charge is 0.242 e. The van der Waals surface area contributed by atoms with E-state index in [0.717, 1.165) is 6.54 Å². The number of benzene rings is 1. The van der Waals surface area contributed by atoms with Crippen LogP contribution in [0.15, 0.2) is 23.1 Å². The average Bonchev–Trinajstić information content (AvgIpc) is 2.84. The monoisotopic (exact) mass is 297 g/mol. The summed E-state index contributed by atoms with van der Waals surface area (Å²) in [4.78, 5) is 0.210. The molecular weight excluding hydrogens is 274 g/mol. The highest BCUT2D eigenvalue weighted by atomic mass is 32.2. The van der Waals surface area contributed by atoms with E-state index in [-0.39, 0.29) is 10.3 Å². The van der Waals surface area contributed by atoms with Crippen LogP contribution in [0, 0.1) is 5.41 Å². The lowest BCUT2D eigenvalue weighted by molar-refractivity contribution is 0.362. The molecule has 0 aromatic heterocycles. The van der Waals surface area contributed by atoms with Gasteiger partial charge in [-0.15, -0.1) is 0 Å². The van der Waals surface area contributed by atoms with E-state index in [2.05, 4.69) is 17.0 Å². The molecule has 0 unspecified atom stereocenters. The van der Waals surface area contributed by atoms with E-state index in [1.165, 1.54) is 38.8 Å². The molecule has 1 aliphatic carbocycles. The first-order valence-electron chi connectivity index (χ1n) is 6.93. The zero-order valence-corrected chi connectivity index (χ0v) is 12.9. The number of anilines is 2. The second-order valence-electron chi connectivity index (χ2n) is 5.83. The fourth-order valence-electron chi connectivity index (χ4n) is 2.73. The fraction of sp³-hybridized carbons (Fsp3) is 0.571. The largest absolute Gasteiger partial charge is 0.399 e. The minimum Gasteiger partial charge on any atom is -0.399 e. The van der Waals surface area contributed by atoms with Crippen LogP contribution >= 0.6 is 0 Å². The minimum atomic E-state index is -3.51. The maximum Gasteiger partial charge on any atom is 0.242 e. The van der Waals surface area contributed by atoms with Crippen molar-refractivity contribution in [2.75, 3.05) is 24.6 Å². The van der Waals surface area contributed by atoms with Crippen molar-refractivity contribution in [2.45, 2.75) is 37.5 Å². The summed E-state index contributed by atoms with van der Waals surface area (Å²) in [6.45, 7) is 3.03. The van der Waals surface area contributed by atoms with Crippen LogP contribution in [0.3, 0.4) is 0 Å². The Labute approximate surface area is 121 Å². The van der Waals surface area contributed by atoms with Crippen molar-refractivity contribution in [3.05, 3.63) is 18.2 Å². The molecule has 0 saturated heterocycles. The van der Waals surface area contributed by atoms with E-state index < -0.39 is 10.0 Å². The van der Waals surface area contributed by atoms with Gasteiger partial charge in [0.15, 0.2) is 0 Å². The van der Waals surface area contributed by atoms with Crippen LogP contribution in [-0.2, 0) is 10.0 Å². The molecular formula is C14H23N3O2S. The Morgan fingerprint density at radius 2 is 1.95 bits per heavy atom. The molecule has 0 aliphatic heterocycles. The molecule has 0 spiro atoms. The van der Waals surface area contributed by atoms with Crippen LogP contribution < -0.4 is 15.8 Å². The number of rotatable bonds is 5. The van der Waals surface area contributed by atoms with Gasteiger partial charge in [-0.05, 0) is 43.5 Å². The zero-order valence-electron chi connectivity index (χ0n) is 12.1. The van der Waals surface area contributed by atoms with Crippen molar-refractivity contribution in [3.63, 3.8) is 0 Å². The number of nitrogen functional groups attached to an aromatic ring is 1. The summed E-state index contributed by atoms with van der Waals surface area (Å²) in [6, 6.07) is 4.94. The van der Waals surface area contributed by atoms with Gasteiger partial charge in [-0.1, -0.05) is 19.8 Å². The van der Waals surface area contributed by atoms with Crippen LogP contribution in [0.25, 0.3) is 0 Å². The third-order valence-corrected chi connectivity index (χ3v) is 5.53. The standard InChI is InChI=1S/C14H23N3O2S/c1-14(7-3-4-8-14)10-17-12-6-5-11(15)9-13(12)20(18,19)16-2/h5-6,9,16-17H,3-4,7-8,10,15H2,1-2H3. The predicted molar refractivity (Wildman–Crippen MR) is 82.2 cm³/mol. The first-order valence-corrected chi connectivity index (χ1v) is 8.42. The molecule has 1 aliphatic rings. The highest BCUT2D eigenvalue weighted by Crippen LogP contribution is 2.38. The van der Waals surface area contributed by atoms with Gasteiger partial charge in [-0.3, -0.25) is 0 Å². The van der Waals surface area contributed by atoms with E-state index in [0.29, 0.717) is 11.4 Å². The first-order chi connectivity index (χ1) is 9.36. The molecule has 1 saturated carbocycles. The molecule has 0 bridgehead atoms. The average molecular weight is 297 g/mol. The molecule has 0 radical (unpaired) electrons. The van der Waals surface area contributed by atoms with Crippen LogP contribution in [0.2, 0.25) is 0 Å². The molecule has 112 valence electrons. The fourth-order valence-corrected chi connectivity index (χ4v) is 3.67. The van der Waals surface area contributed by atoms with Gasteiger partial charge in [0.05, 0.1) is 5.69 Å². The second-order valence-corrected chi connectivity index (χ2v) is 7.69. The topological polar surface area (TPSA) is 84.2 Å². The highest BCUT2D eigenvalue weighted by molar-refractivity contribution is 7.89. The molecule has 4 N–H and O–H groups in total. The highest BCUT2D eigenvalue weighted by Gasteiger charge is 2.29. The van der Waals surface area contributed by atoms with Crippen LogP contribution in [0.1, 0.15) is 32.6 Å². The normalized spacial score (nSPS) is 18.1. The SMILES string of the molecule is CNS(=O)(=O)c1cc(N)ccc1NCC1(C)CCCC1. The summed E-state index contributed by atoms with van der Waals surface area (Å²) >= 11 is 0. The molecule has 2 rings (SSSR count). The molecule has 6 heteroatoms. The number of sulfonamides is 1. The van der Waals surface area contributed by atoms with Gasteiger partial charge < -0.3 is 11.1 Å². The van der Waals surface area contributed by atoms with Gasteiger partial charge in [-0.2, -0.15) is 0 Å². The van der Waals surface area contributed by atoms with Gasteiger partial charge in [0.2, 0.25) is 10.0 Å². The summed E-state index contributed by atoms with van der Waals surface area (Å²) in [5.41, 5.74) is 7.01. The molecule has 0 atom stereocenters. The minimum absolute atomic E-state index is 0.210.